The third kappa shape index (κ3) is 4.88. The number of aliphatic carboxylic acids is 1. The number of carbonyl (C=O) groups is 2. The number of nitrogens with one attached hydrogen (secondary N) is 1. The molecule has 0 aliphatic rings. The van der Waals surface area contributed by atoms with E-state index in [2.05, 4.69) is 10.3 Å². The molecule has 4 rings (SSSR count). The molecule has 0 saturated heterocycles. The van der Waals surface area contributed by atoms with E-state index in [1.807, 2.05) is 30.3 Å². The van der Waals surface area contributed by atoms with E-state index in [-0.39, 0.29) is 53.0 Å². The molecule has 184 valence electrons. The van der Waals surface area contributed by atoms with Crippen molar-refractivity contribution in [3.63, 3.8) is 0 Å². The van der Waals surface area contributed by atoms with E-state index in [4.69, 9.17) is 9.84 Å². The summed E-state index contributed by atoms with van der Waals surface area (Å²) in [6.07, 6.45) is 0.984. The molecule has 0 radical (unpaired) electrons. The number of pyridine rings is 2. The molecule has 0 saturated carbocycles. The third-order valence-electron chi connectivity index (χ3n) is 5.60. The van der Waals surface area contributed by atoms with Gasteiger partial charge < -0.3 is 24.8 Å². The second kappa shape index (κ2) is 10.3. The van der Waals surface area contributed by atoms with Crippen molar-refractivity contribution in [2.45, 2.75) is 13.0 Å². The monoisotopic (exact) mass is 491 g/mol. The molecule has 0 aliphatic carbocycles. The number of carboxylic acid groups (broad SMARTS) is 1. The zero-order valence-corrected chi connectivity index (χ0v) is 19.2. The SMILES string of the molecule is COc1ccc(F)cc1-c1cc2c(O)c(C(=O)NCCC(=O)O)ncc2n(Cc2ccccc2)c1=O. The summed E-state index contributed by atoms with van der Waals surface area (Å²) in [7, 11) is 1.39. The first-order valence-corrected chi connectivity index (χ1v) is 10.9. The first kappa shape index (κ1) is 24.4. The fourth-order valence-electron chi connectivity index (χ4n) is 3.86. The van der Waals surface area contributed by atoms with Crippen molar-refractivity contribution in [1.82, 2.24) is 14.9 Å². The van der Waals surface area contributed by atoms with Crippen LogP contribution in [0.1, 0.15) is 22.5 Å². The second-order valence-electron chi connectivity index (χ2n) is 7.93. The van der Waals surface area contributed by atoms with Crippen molar-refractivity contribution in [3.05, 3.63) is 88.2 Å². The van der Waals surface area contributed by atoms with Crippen LogP contribution in [-0.2, 0) is 11.3 Å². The number of carboxylic acids is 1. The predicted octanol–water partition coefficient (Wildman–Crippen LogP) is 3.17. The number of benzene rings is 2. The van der Waals surface area contributed by atoms with Crippen LogP contribution in [0.3, 0.4) is 0 Å². The van der Waals surface area contributed by atoms with Gasteiger partial charge in [0.25, 0.3) is 11.5 Å². The number of hydrogen-bond donors (Lipinski definition) is 3. The number of aromatic nitrogens is 2. The van der Waals surface area contributed by atoms with E-state index in [1.54, 1.807) is 0 Å². The molecule has 0 fully saturated rings. The number of nitrogens with zero attached hydrogens (tertiary/aromatic N) is 2. The van der Waals surface area contributed by atoms with Gasteiger partial charge in [-0.05, 0) is 29.8 Å². The Balaban J connectivity index is 1.94. The number of methoxy groups -OCH3 is 1. The Morgan fingerprint density at radius 3 is 2.56 bits per heavy atom. The van der Waals surface area contributed by atoms with Crippen LogP contribution in [0.15, 0.2) is 65.6 Å². The summed E-state index contributed by atoms with van der Waals surface area (Å²) in [5.41, 5.74) is 0.454. The van der Waals surface area contributed by atoms with E-state index < -0.39 is 29.0 Å². The molecule has 0 atom stereocenters. The highest BCUT2D eigenvalue weighted by Crippen LogP contribution is 2.34. The summed E-state index contributed by atoms with van der Waals surface area (Å²) in [5.74, 6) is -2.71. The Morgan fingerprint density at radius 2 is 1.86 bits per heavy atom. The third-order valence-corrected chi connectivity index (χ3v) is 5.60. The second-order valence-corrected chi connectivity index (χ2v) is 7.93. The fraction of sp³-hybridized carbons (Fsp3) is 0.154. The quantitative estimate of drug-likeness (QED) is 0.345. The summed E-state index contributed by atoms with van der Waals surface area (Å²) >= 11 is 0. The Hall–Kier alpha value is -4.73. The minimum atomic E-state index is -1.09. The molecule has 10 heteroatoms. The van der Waals surface area contributed by atoms with Crippen LogP contribution in [0.4, 0.5) is 4.39 Å². The molecule has 2 heterocycles. The largest absolute Gasteiger partial charge is 0.505 e. The van der Waals surface area contributed by atoms with Crippen molar-refractivity contribution >= 4 is 22.8 Å². The van der Waals surface area contributed by atoms with Gasteiger partial charge >= 0.3 is 5.97 Å². The number of rotatable bonds is 8. The molecular formula is C26H22FN3O6. The molecule has 4 aromatic rings. The maximum atomic E-state index is 14.2. The number of hydrogen-bond acceptors (Lipinski definition) is 6. The number of amides is 1. The molecule has 36 heavy (non-hydrogen) atoms. The van der Waals surface area contributed by atoms with Gasteiger partial charge in [-0.15, -0.1) is 0 Å². The van der Waals surface area contributed by atoms with Crippen LogP contribution in [0.2, 0.25) is 0 Å². The van der Waals surface area contributed by atoms with Crippen molar-refractivity contribution in [3.8, 4) is 22.6 Å². The lowest BCUT2D eigenvalue weighted by atomic mass is 10.0. The van der Waals surface area contributed by atoms with E-state index in [9.17, 15) is 23.9 Å². The van der Waals surface area contributed by atoms with E-state index in [1.165, 1.54) is 36.1 Å². The molecule has 0 aliphatic heterocycles. The lowest BCUT2D eigenvalue weighted by molar-refractivity contribution is -0.136. The van der Waals surface area contributed by atoms with Gasteiger partial charge in [0.05, 0.1) is 37.4 Å². The Morgan fingerprint density at radius 1 is 1.11 bits per heavy atom. The van der Waals surface area contributed by atoms with Gasteiger partial charge in [0.2, 0.25) is 0 Å². The maximum Gasteiger partial charge on any atom is 0.305 e. The van der Waals surface area contributed by atoms with Crippen molar-refractivity contribution in [1.29, 1.82) is 0 Å². The number of carbonyl (C=O) groups excluding carboxylic acids is 1. The lowest BCUT2D eigenvalue weighted by Crippen LogP contribution is -2.27. The number of halogens is 1. The minimum Gasteiger partial charge on any atom is -0.505 e. The standard InChI is InChI=1S/C26H22FN3O6/c1-36-21-8-7-16(27)11-17(21)18-12-19-20(30(26(18)35)14-15-5-3-2-4-6-15)13-29-23(24(19)33)25(34)28-10-9-22(31)32/h2-8,11-13,33H,9-10,14H2,1H3,(H,28,34)(H,31,32). The average Bonchev–Trinajstić information content (AvgIpc) is 2.86. The molecule has 9 nitrogen and oxygen atoms in total. The van der Waals surface area contributed by atoms with E-state index >= 15 is 0 Å². The lowest BCUT2D eigenvalue weighted by Gasteiger charge is -2.16. The van der Waals surface area contributed by atoms with Crippen molar-refractivity contribution < 1.29 is 28.9 Å². The predicted molar refractivity (Wildman–Crippen MR) is 130 cm³/mol. The summed E-state index contributed by atoms with van der Waals surface area (Å²) in [5, 5.41) is 22.3. The van der Waals surface area contributed by atoms with E-state index in [0.717, 1.165) is 11.6 Å². The molecule has 2 aromatic carbocycles. The van der Waals surface area contributed by atoms with Gasteiger partial charge in [0, 0.05) is 17.5 Å². The van der Waals surface area contributed by atoms with Gasteiger partial charge in [-0.25, -0.2) is 9.37 Å². The molecule has 0 spiro atoms. The zero-order chi connectivity index (χ0) is 25.8. The summed E-state index contributed by atoms with van der Waals surface area (Å²) in [4.78, 5) is 41.0. The first-order chi connectivity index (χ1) is 17.3. The normalized spacial score (nSPS) is 10.8. The van der Waals surface area contributed by atoms with Gasteiger partial charge in [-0.3, -0.25) is 14.4 Å². The maximum absolute atomic E-state index is 14.2. The molecular weight excluding hydrogens is 469 g/mol. The highest BCUT2D eigenvalue weighted by atomic mass is 19.1. The van der Waals surface area contributed by atoms with Crippen LogP contribution in [0, 0.1) is 5.82 Å². The first-order valence-electron chi connectivity index (χ1n) is 10.9. The van der Waals surface area contributed by atoms with Crippen LogP contribution < -0.4 is 15.6 Å². The average molecular weight is 491 g/mol. The topological polar surface area (TPSA) is 131 Å². The molecule has 0 unspecified atom stereocenters. The van der Waals surface area contributed by atoms with Crippen molar-refractivity contribution in [2.24, 2.45) is 0 Å². The molecule has 3 N–H and O–H groups in total. The highest BCUT2D eigenvalue weighted by Gasteiger charge is 2.22. The minimum absolute atomic E-state index is 0.0496. The number of fused-ring (bicyclic) bond motifs is 1. The zero-order valence-electron chi connectivity index (χ0n) is 19.2. The van der Waals surface area contributed by atoms with Crippen LogP contribution in [0.25, 0.3) is 22.0 Å². The summed E-state index contributed by atoms with van der Waals surface area (Å²) in [6.45, 7) is -0.0422. The van der Waals surface area contributed by atoms with Gasteiger partial charge in [0.1, 0.15) is 11.6 Å². The molecule has 2 aromatic heterocycles. The number of aromatic hydroxyl groups is 1. The Labute approximate surface area is 204 Å². The highest BCUT2D eigenvalue weighted by molar-refractivity contribution is 6.01. The summed E-state index contributed by atoms with van der Waals surface area (Å²) in [6, 6.07) is 14.2. The molecule has 0 bridgehead atoms. The van der Waals surface area contributed by atoms with Crippen LogP contribution in [-0.4, -0.2) is 45.3 Å². The van der Waals surface area contributed by atoms with E-state index in [0.29, 0.717) is 0 Å². The van der Waals surface area contributed by atoms with Crippen molar-refractivity contribution in [2.75, 3.05) is 13.7 Å². The van der Waals surface area contributed by atoms with Gasteiger partial charge in [0.15, 0.2) is 11.4 Å². The smallest absolute Gasteiger partial charge is 0.305 e. The van der Waals surface area contributed by atoms with Crippen LogP contribution >= 0.6 is 0 Å². The summed E-state index contributed by atoms with van der Waals surface area (Å²) < 4.78 is 20.9. The Kier molecular flexibility index (Phi) is 6.95. The van der Waals surface area contributed by atoms with Gasteiger partial charge in [-0.2, -0.15) is 0 Å². The Bertz CT molecular complexity index is 1520. The number of ether oxygens (including phenoxy) is 1. The molecule has 1 amide bonds. The van der Waals surface area contributed by atoms with Gasteiger partial charge in [-0.1, -0.05) is 30.3 Å². The van der Waals surface area contributed by atoms with Crippen LogP contribution in [0.5, 0.6) is 11.5 Å². The fourth-order valence-corrected chi connectivity index (χ4v) is 3.86.